The van der Waals surface area contributed by atoms with E-state index in [1.807, 2.05) is 0 Å². The van der Waals surface area contributed by atoms with Gasteiger partial charge in [0.25, 0.3) is 5.91 Å². The molecule has 1 saturated carbocycles. The van der Waals surface area contributed by atoms with Crippen molar-refractivity contribution in [3.63, 3.8) is 0 Å². The monoisotopic (exact) mass is 369 g/mol. The Bertz CT molecular complexity index is 922. The number of aromatic nitrogens is 2. The maximum Gasteiger partial charge on any atom is 0.258 e. The number of nitrogens with two attached hydrogens (primary N) is 1. The largest absolute Gasteiger partial charge is 0.481 e. The third-order valence-electron chi connectivity index (χ3n) is 4.29. The van der Waals surface area contributed by atoms with Gasteiger partial charge >= 0.3 is 0 Å². The lowest BCUT2D eigenvalue weighted by Crippen LogP contribution is -2.23. The number of aliphatic imine (C=N–C) groups is 1. The summed E-state index contributed by atoms with van der Waals surface area (Å²) in [7, 11) is 1.51. The number of benzene rings is 1. The maximum absolute atomic E-state index is 14.0. The molecule has 1 aliphatic rings. The fourth-order valence-corrected chi connectivity index (χ4v) is 2.77. The summed E-state index contributed by atoms with van der Waals surface area (Å²) in [6, 6.07) is 7.88. The number of hydrogen-bond donors (Lipinski definition) is 2. The highest BCUT2D eigenvalue weighted by atomic mass is 19.1. The van der Waals surface area contributed by atoms with Crippen molar-refractivity contribution in [2.75, 3.05) is 12.4 Å². The number of anilines is 1. The first-order chi connectivity index (χ1) is 12.9. The van der Waals surface area contributed by atoms with Gasteiger partial charge in [0.05, 0.1) is 12.5 Å². The first-order valence-electron chi connectivity index (χ1n) is 8.41. The summed E-state index contributed by atoms with van der Waals surface area (Å²) in [5.74, 6) is 0.669. The summed E-state index contributed by atoms with van der Waals surface area (Å²) in [6.07, 6.45) is 4.08. The molecule has 0 unspecified atom stereocenters. The molecule has 140 valence electrons. The van der Waals surface area contributed by atoms with Crippen LogP contribution in [0, 0.1) is 12.7 Å². The molecule has 1 amide bonds. The van der Waals surface area contributed by atoms with Gasteiger partial charge in [-0.3, -0.25) is 4.79 Å². The van der Waals surface area contributed by atoms with Crippen LogP contribution in [-0.4, -0.2) is 28.8 Å². The number of nitrogens with zero attached hydrogens (tertiary/aromatic N) is 3. The first kappa shape index (κ1) is 18.5. The van der Waals surface area contributed by atoms with Crippen molar-refractivity contribution in [2.24, 2.45) is 10.7 Å². The molecule has 0 atom stereocenters. The van der Waals surface area contributed by atoms with Crippen molar-refractivity contribution in [1.82, 2.24) is 9.97 Å². The molecule has 0 radical (unpaired) electrons. The number of ether oxygens (including phenoxy) is 1. The van der Waals surface area contributed by atoms with Crippen LogP contribution in [0.15, 0.2) is 47.6 Å². The van der Waals surface area contributed by atoms with E-state index in [0.717, 1.165) is 0 Å². The zero-order valence-electron chi connectivity index (χ0n) is 15.1. The van der Waals surface area contributed by atoms with Gasteiger partial charge in [-0.05, 0) is 31.9 Å². The molecule has 2 aromatic rings. The number of amidine groups is 1. The van der Waals surface area contributed by atoms with Crippen molar-refractivity contribution in [2.45, 2.75) is 25.2 Å². The van der Waals surface area contributed by atoms with Gasteiger partial charge in [-0.1, -0.05) is 18.2 Å². The summed E-state index contributed by atoms with van der Waals surface area (Å²) in [6.45, 7) is 1.74. The summed E-state index contributed by atoms with van der Waals surface area (Å²) >= 11 is 0. The minimum Gasteiger partial charge on any atom is -0.481 e. The zero-order chi connectivity index (χ0) is 19.4. The van der Waals surface area contributed by atoms with Gasteiger partial charge in [-0.15, -0.1) is 0 Å². The number of carbonyl (C=O) groups is 1. The molecule has 1 aromatic heterocycles. The second-order valence-corrected chi connectivity index (χ2v) is 6.22. The number of methoxy groups -OCH3 is 1. The second kappa shape index (κ2) is 7.53. The Hall–Kier alpha value is -3.29. The van der Waals surface area contributed by atoms with Gasteiger partial charge in [-0.25, -0.2) is 9.37 Å². The van der Waals surface area contributed by atoms with Gasteiger partial charge in [0.1, 0.15) is 23.3 Å². The molecular weight excluding hydrogens is 349 g/mol. The van der Waals surface area contributed by atoms with Gasteiger partial charge in [0, 0.05) is 17.8 Å². The fourth-order valence-electron chi connectivity index (χ4n) is 2.77. The van der Waals surface area contributed by atoms with Crippen molar-refractivity contribution < 1.29 is 13.9 Å². The number of halogens is 1. The molecule has 8 heteroatoms. The van der Waals surface area contributed by atoms with E-state index in [2.05, 4.69) is 20.3 Å². The van der Waals surface area contributed by atoms with E-state index >= 15 is 0 Å². The molecule has 3 rings (SSSR count). The van der Waals surface area contributed by atoms with Crippen LogP contribution in [0.25, 0.3) is 0 Å². The lowest BCUT2D eigenvalue weighted by molar-refractivity contribution is -0.120. The summed E-state index contributed by atoms with van der Waals surface area (Å²) in [5.41, 5.74) is 5.29. The van der Waals surface area contributed by atoms with Crippen molar-refractivity contribution in [3.8, 4) is 5.88 Å². The quantitative estimate of drug-likeness (QED) is 0.599. The SMILES string of the molecule is COc1cc(N/C=C\C(N)=NC(=O)C2(c3ccccc3F)CC2)nc(C)n1. The molecule has 0 saturated heterocycles. The van der Waals surface area contributed by atoms with E-state index in [1.165, 1.54) is 25.5 Å². The predicted molar refractivity (Wildman–Crippen MR) is 100 cm³/mol. The normalized spacial score (nSPS) is 15.6. The Morgan fingerprint density at radius 3 is 2.78 bits per heavy atom. The third kappa shape index (κ3) is 4.11. The maximum atomic E-state index is 14.0. The number of rotatable bonds is 6. The van der Waals surface area contributed by atoms with E-state index in [1.54, 1.807) is 31.2 Å². The summed E-state index contributed by atoms with van der Waals surface area (Å²) < 4.78 is 19.1. The average molecular weight is 369 g/mol. The van der Waals surface area contributed by atoms with Crippen LogP contribution in [0.3, 0.4) is 0 Å². The van der Waals surface area contributed by atoms with Gasteiger partial charge in [0.2, 0.25) is 5.88 Å². The van der Waals surface area contributed by atoms with Crippen LogP contribution < -0.4 is 15.8 Å². The lowest BCUT2D eigenvalue weighted by atomic mass is 9.94. The molecule has 0 bridgehead atoms. The van der Waals surface area contributed by atoms with Crippen molar-refractivity contribution in [3.05, 3.63) is 59.8 Å². The van der Waals surface area contributed by atoms with E-state index in [9.17, 15) is 9.18 Å². The molecule has 27 heavy (non-hydrogen) atoms. The minimum absolute atomic E-state index is 0.0212. The Kier molecular flexibility index (Phi) is 5.16. The Morgan fingerprint density at radius 2 is 2.11 bits per heavy atom. The van der Waals surface area contributed by atoms with Gasteiger partial charge in [-0.2, -0.15) is 9.98 Å². The number of nitrogens with one attached hydrogen (secondary N) is 1. The molecule has 1 fully saturated rings. The van der Waals surface area contributed by atoms with Crippen molar-refractivity contribution >= 4 is 17.6 Å². The number of aryl methyl sites for hydroxylation is 1. The number of carbonyl (C=O) groups excluding carboxylic acids is 1. The Balaban J connectivity index is 1.69. The van der Waals surface area contributed by atoms with E-state index in [-0.39, 0.29) is 5.84 Å². The topological polar surface area (TPSA) is 102 Å². The van der Waals surface area contributed by atoms with Crippen LogP contribution >= 0.6 is 0 Å². The second-order valence-electron chi connectivity index (χ2n) is 6.22. The summed E-state index contributed by atoms with van der Waals surface area (Å²) in [4.78, 5) is 24.7. The van der Waals surface area contributed by atoms with E-state index in [4.69, 9.17) is 10.5 Å². The highest BCUT2D eigenvalue weighted by Crippen LogP contribution is 2.50. The molecule has 1 aromatic carbocycles. The van der Waals surface area contributed by atoms with Crippen LogP contribution in [0.4, 0.5) is 10.2 Å². The fraction of sp³-hybridized carbons (Fsp3) is 0.263. The predicted octanol–water partition coefficient (Wildman–Crippen LogP) is 2.47. The van der Waals surface area contributed by atoms with Crippen LogP contribution in [0.1, 0.15) is 24.2 Å². The number of amides is 1. The van der Waals surface area contributed by atoms with E-state index in [0.29, 0.717) is 35.9 Å². The molecular formula is C19H20FN5O2. The highest BCUT2D eigenvalue weighted by Gasteiger charge is 2.52. The number of hydrogen-bond acceptors (Lipinski definition) is 5. The standard InChI is InChI=1S/C19H20FN5O2/c1-12-23-16(11-17(24-12)27-2)22-10-7-15(21)25-18(26)19(8-9-19)13-5-3-4-6-14(13)20/h3-7,10-11H,8-9H2,1-2H3,(H2,21,25,26)(H,22,23,24)/b10-7-. The molecule has 7 nitrogen and oxygen atoms in total. The molecule has 1 aliphatic carbocycles. The molecule has 0 aliphatic heterocycles. The lowest BCUT2D eigenvalue weighted by Gasteiger charge is -2.12. The van der Waals surface area contributed by atoms with Crippen molar-refractivity contribution in [1.29, 1.82) is 0 Å². The summed E-state index contributed by atoms with van der Waals surface area (Å²) in [5, 5.41) is 2.92. The zero-order valence-corrected chi connectivity index (χ0v) is 15.1. The minimum atomic E-state index is -0.894. The molecule has 1 heterocycles. The van der Waals surface area contributed by atoms with Crippen LogP contribution in [0.2, 0.25) is 0 Å². The average Bonchev–Trinajstić information content (AvgIpc) is 3.43. The Labute approximate surface area is 156 Å². The molecule has 3 N–H and O–H groups in total. The van der Waals surface area contributed by atoms with Crippen LogP contribution in [0.5, 0.6) is 5.88 Å². The van der Waals surface area contributed by atoms with Gasteiger partial charge < -0.3 is 15.8 Å². The smallest absolute Gasteiger partial charge is 0.258 e. The van der Waals surface area contributed by atoms with Crippen LogP contribution in [-0.2, 0) is 10.2 Å². The first-order valence-corrected chi connectivity index (χ1v) is 8.41. The third-order valence-corrected chi connectivity index (χ3v) is 4.29. The highest BCUT2D eigenvalue weighted by molar-refractivity contribution is 6.04. The Morgan fingerprint density at radius 1 is 1.37 bits per heavy atom. The van der Waals surface area contributed by atoms with Gasteiger partial charge in [0.15, 0.2) is 0 Å². The molecule has 0 spiro atoms. The van der Waals surface area contributed by atoms with E-state index < -0.39 is 17.1 Å².